The number of carbonyl (C=O) groups is 2. The molecule has 0 saturated carbocycles. The fourth-order valence-electron chi connectivity index (χ4n) is 2.88. The molecule has 0 atom stereocenters. The van der Waals surface area contributed by atoms with Crippen LogP contribution in [-0.4, -0.2) is 25.0 Å². The number of anilines is 2. The lowest BCUT2D eigenvalue weighted by Crippen LogP contribution is -2.23. The second-order valence-electron chi connectivity index (χ2n) is 6.27. The Balaban J connectivity index is 1.42. The molecule has 5 nitrogen and oxygen atoms in total. The van der Waals surface area contributed by atoms with Gasteiger partial charge < -0.3 is 15.0 Å². The number of halogens is 2. The van der Waals surface area contributed by atoms with Crippen LogP contribution in [0, 0.1) is 0 Å². The van der Waals surface area contributed by atoms with Crippen molar-refractivity contribution in [1.82, 2.24) is 0 Å². The lowest BCUT2D eigenvalue weighted by molar-refractivity contribution is -0.117. The van der Waals surface area contributed by atoms with Gasteiger partial charge in [-0.15, -0.1) is 0 Å². The van der Waals surface area contributed by atoms with Crippen molar-refractivity contribution in [3.63, 3.8) is 0 Å². The fourth-order valence-corrected chi connectivity index (χ4v) is 3.34. The molecule has 0 unspecified atom stereocenters. The number of nitrogens with zero attached hydrogens (tertiary/aromatic N) is 1. The Labute approximate surface area is 168 Å². The van der Waals surface area contributed by atoms with Crippen LogP contribution in [0.1, 0.15) is 25.7 Å². The fraction of sp³-hybridized carbons (Fsp3) is 0.300. The van der Waals surface area contributed by atoms with Crippen molar-refractivity contribution in [3.8, 4) is 5.75 Å². The topological polar surface area (TPSA) is 58.6 Å². The SMILES string of the molecule is O=C(CCCOc1ccc(Cl)cc1Cl)Nc1ccc(N2CCCC2=O)cc1. The van der Waals surface area contributed by atoms with E-state index in [0.717, 1.165) is 18.7 Å². The zero-order valence-electron chi connectivity index (χ0n) is 14.7. The average molecular weight is 407 g/mol. The van der Waals surface area contributed by atoms with E-state index in [1.807, 2.05) is 24.3 Å². The van der Waals surface area contributed by atoms with E-state index >= 15 is 0 Å². The molecule has 0 spiro atoms. The van der Waals surface area contributed by atoms with Gasteiger partial charge in [-0.25, -0.2) is 0 Å². The van der Waals surface area contributed by atoms with Crippen molar-refractivity contribution in [1.29, 1.82) is 0 Å². The Morgan fingerprint density at radius 1 is 1.15 bits per heavy atom. The van der Waals surface area contributed by atoms with E-state index in [0.29, 0.717) is 47.4 Å². The van der Waals surface area contributed by atoms with Crippen molar-refractivity contribution in [2.75, 3.05) is 23.4 Å². The molecule has 0 bridgehead atoms. The summed E-state index contributed by atoms with van der Waals surface area (Å²) in [5.41, 5.74) is 1.57. The average Bonchev–Trinajstić information content (AvgIpc) is 3.07. The Morgan fingerprint density at radius 3 is 2.59 bits per heavy atom. The number of carbonyl (C=O) groups excluding carboxylic acids is 2. The predicted molar refractivity (Wildman–Crippen MR) is 108 cm³/mol. The first kappa shape index (κ1) is 19.5. The van der Waals surface area contributed by atoms with Gasteiger partial charge in [-0.05, 0) is 55.3 Å². The van der Waals surface area contributed by atoms with E-state index in [4.69, 9.17) is 27.9 Å². The second-order valence-corrected chi connectivity index (χ2v) is 7.11. The van der Waals surface area contributed by atoms with Crippen molar-refractivity contribution in [2.24, 2.45) is 0 Å². The maximum Gasteiger partial charge on any atom is 0.227 e. The maximum atomic E-state index is 12.1. The maximum absolute atomic E-state index is 12.1. The van der Waals surface area contributed by atoms with Crippen LogP contribution < -0.4 is 15.0 Å². The minimum absolute atomic E-state index is 0.0919. The first-order valence-corrected chi connectivity index (χ1v) is 9.56. The van der Waals surface area contributed by atoms with Gasteiger partial charge in [-0.1, -0.05) is 23.2 Å². The summed E-state index contributed by atoms with van der Waals surface area (Å²) in [4.78, 5) is 25.6. The highest BCUT2D eigenvalue weighted by Gasteiger charge is 2.21. The van der Waals surface area contributed by atoms with E-state index in [1.54, 1.807) is 23.1 Å². The molecule has 3 rings (SSSR count). The van der Waals surface area contributed by atoms with Crippen LogP contribution in [0.2, 0.25) is 10.0 Å². The third-order valence-corrected chi connectivity index (χ3v) is 4.77. The van der Waals surface area contributed by atoms with E-state index in [9.17, 15) is 9.59 Å². The molecule has 1 heterocycles. The van der Waals surface area contributed by atoms with Crippen molar-refractivity contribution in [2.45, 2.75) is 25.7 Å². The first-order chi connectivity index (χ1) is 13.0. The van der Waals surface area contributed by atoms with Crippen LogP contribution in [-0.2, 0) is 9.59 Å². The monoisotopic (exact) mass is 406 g/mol. The van der Waals surface area contributed by atoms with E-state index in [2.05, 4.69) is 5.32 Å². The molecule has 0 radical (unpaired) electrons. The molecule has 2 aromatic rings. The zero-order chi connectivity index (χ0) is 19.2. The van der Waals surface area contributed by atoms with Crippen molar-refractivity contribution >= 4 is 46.4 Å². The Hall–Kier alpha value is -2.24. The standard InChI is InChI=1S/C20H20Cl2N2O3/c21-14-5-10-18(17(22)13-14)27-12-2-3-19(25)23-15-6-8-16(9-7-15)24-11-1-4-20(24)26/h5-10,13H,1-4,11-12H2,(H,23,25). The summed E-state index contributed by atoms with van der Waals surface area (Å²) in [6.45, 7) is 1.13. The van der Waals surface area contributed by atoms with Gasteiger partial charge in [0, 0.05) is 35.8 Å². The third kappa shape index (κ3) is 5.37. The number of hydrogen-bond acceptors (Lipinski definition) is 3. The van der Waals surface area contributed by atoms with Crippen LogP contribution in [0.25, 0.3) is 0 Å². The highest BCUT2D eigenvalue weighted by Crippen LogP contribution is 2.27. The lowest BCUT2D eigenvalue weighted by Gasteiger charge is -2.16. The van der Waals surface area contributed by atoms with Crippen LogP contribution in [0.3, 0.4) is 0 Å². The molecular weight excluding hydrogens is 387 g/mol. The number of hydrogen-bond donors (Lipinski definition) is 1. The van der Waals surface area contributed by atoms with Gasteiger partial charge in [-0.3, -0.25) is 9.59 Å². The molecule has 1 aliphatic heterocycles. The molecule has 7 heteroatoms. The minimum atomic E-state index is -0.0919. The summed E-state index contributed by atoms with van der Waals surface area (Å²) in [6, 6.07) is 12.3. The van der Waals surface area contributed by atoms with Crippen LogP contribution in [0.5, 0.6) is 5.75 Å². The normalized spacial score (nSPS) is 13.7. The van der Waals surface area contributed by atoms with Crippen LogP contribution in [0.4, 0.5) is 11.4 Å². The molecule has 0 aromatic heterocycles. The molecule has 1 saturated heterocycles. The number of benzene rings is 2. The molecule has 1 fully saturated rings. The highest BCUT2D eigenvalue weighted by molar-refractivity contribution is 6.35. The Kier molecular flexibility index (Phi) is 6.58. The predicted octanol–water partition coefficient (Wildman–Crippen LogP) is 4.92. The molecule has 1 N–H and O–H groups in total. The second kappa shape index (κ2) is 9.11. The Morgan fingerprint density at radius 2 is 1.93 bits per heavy atom. The van der Waals surface area contributed by atoms with E-state index < -0.39 is 0 Å². The van der Waals surface area contributed by atoms with Gasteiger partial charge in [-0.2, -0.15) is 0 Å². The number of rotatable bonds is 7. The summed E-state index contributed by atoms with van der Waals surface area (Å²) < 4.78 is 5.57. The molecule has 142 valence electrons. The summed E-state index contributed by atoms with van der Waals surface area (Å²) in [6.07, 6.45) is 2.38. The van der Waals surface area contributed by atoms with Crippen molar-refractivity contribution < 1.29 is 14.3 Å². The first-order valence-electron chi connectivity index (χ1n) is 8.81. The smallest absolute Gasteiger partial charge is 0.227 e. The molecule has 2 aromatic carbocycles. The van der Waals surface area contributed by atoms with Gasteiger partial charge in [0.25, 0.3) is 0 Å². The largest absolute Gasteiger partial charge is 0.492 e. The summed E-state index contributed by atoms with van der Waals surface area (Å²) in [5, 5.41) is 3.84. The molecule has 2 amide bonds. The molecule has 0 aliphatic carbocycles. The van der Waals surface area contributed by atoms with E-state index in [1.165, 1.54) is 0 Å². The van der Waals surface area contributed by atoms with Gasteiger partial charge in [0.1, 0.15) is 5.75 Å². The summed E-state index contributed by atoms with van der Waals surface area (Å²) >= 11 is 11.9. The molecule has 27 heavy (non-hydrogen) atoms. The Bertz CT molecular complexity index is 824. The zero-order valence-corrected chi connectivity index (χ0v) is 16.2. The third-order valence-electron chi connectivity index (χ3n) is 4.24. The highest BCUT2D eigenvalue weighted by atomic mass is 35.5. The lowest BCUT2D eigenvalue weighted by atomic mass is 10.2. The van der Waals surface area contributed by atoms with Crippen LogP contribution in [0.15, 0.2) is 42.5 Å². The van der Waals surface area contributed by atoms with E-state index in [-0.39, 0.29) is 11.8 Å². The van der Waals surface area contributed by atoms with Crippen molar-refractivity contribution in [3.05, 3.63) is 52.5 Å². The number of amides is 2. The number of nitrogens with one attached hydrogen (secondary N) is 1. The quantitative estimate of drug-likeness (QED) is 0.663. The van der Waals surface area contributed by atoms with Gasteiger partial charge >= 0.3 is 0 Å². The van der Waals surface area contributed by atoms with Gasteiger partial charge in [0.05, 0.1) is 11.6 Å². The summed E-state index contributed by atoms with van der Waals surface area (Å²) in [5.74, 6) is 0.604. The van der Waals surface area contributed by atoms with Crippen LogP contribution >= 0.6 is 23.2 Å². The molecule has 1 aliphatic rings. The number of ether oxygens (including phenoxy) is 1. The summed E-state index contributed by atoms with van der Waals surface area (Å²) in [7, 11) is 0. The van der Waals surface area contributed by atoms with Gasteiger partial charge in [0.2, 0.25) is 11.8 Å². The molecular formula is C20H20Cl2N2O3. The van der Waals surface area contributed by atoms with Gasteiger partial charge in [0.15, 0.2) is 0 Å². The minimum Gasteiger partial charge on any atom is -0.492 e.